The van der Waals surface area contributed by atoms with Gasteiger partial charge in [-0.25, -0.2) is 18.4 Å². The molecule has 0 bridgehead atoms. The first-order valence-corrected chi connectivity index (χ1v) is 7.30. The monoisotopic (exact) mass is 338 g/mol. The van der Waals surface area contributed by atoms with Gasteiger partial charge in [0.2, 0.25) is 0 Å². The van der Waals surface area contributed by atoms with Crippen molar-refractivity contribution in [3.05, 3.63) is 46.8 Å². The van der Waals surface area contributed by atoms with Crippen LogP contribution in [0, 0.1) is 11.3 Å². The smallest absolute Gasteiger partial charge is 0.262 e. The summed E-state index contributed by atoms with van der Waals surface area (Å²) in [4.78, 5) is 7.43. The lowest BCUT2D eigenvalue weighted by Crippen LogP contribution is -2.16. The van der Waals surface area contributed by atoms with Crippen molar-refractivity contribution in [1.29, 1.82) is 5.26 Å². The van der Waals surface area contributed by atoms with Crippen LogP contribution in [-0.2, 0) is 10.0 Å². The largest absolute Gasteiger partial charge is 0.265 e. The molecule has 19 heavy (non-hydrogen) atoms. The van der Waals surface area contributed by atoms with Crippen molar-refractivity contribution in [3.8, 4) is 6.07 Å². The minimum absolute atomic E-state index is 0.148. The highest BCUT2D eigenvalue weighted by atomic mass is 79.9. The zero-order valence-electron chi connectivity index (χ0n) is 9.41. The van der Waals surface area contributed by atoms with Crippen LogP contribution in [0.4, 0.5) is 5.82 Å². The second kappa shape index (κ2) is 5.34. The van der Waals surface area contributed by atoms with Crippen LogP contribution < -0.4 is 4.72 Å². The van der Waals surface area contributed by atoms with Crippen molar-refractivity contribution in [1.82, 2.24) is 9.97 Å². The zero-order valence-corrected chi connectivity index (χ0v) is 11.8. The Morgan fingerprint density at radius 3 is 2.58 bits per heavy atom. The van der Waals surface area contributed by atoms with E-state index in [2.05, 4.69) is 30.6 Å². The number of hydrogen-bond acceptors (Lipinski definition) is 5. The van der Waals surface area contributed by atoms with E-state index < -0.39 is 10.0 Å². The van der Waals surface area contributed by atoms with Gasteiger partial charge in [0.25, 0.3) is 10.0 Å². The Kier molecular flexibility index (Phi) is 3.78. The molecule has 0 radical (unpaired) electrons. The quantitative estimate of drug-likeness (QED) is 0.922. The van der Waals surface area contributed by atoms with Crippen molar-refractivity contribution in [2.24, 2.45) is 0 Å². The van der Waals surface area contributed by atoms with Crippen LogP contribution in [0.1, 0.15) is 5.69 Å². The minimum Gasteiger partial charge on any atom is -0.262 e. The molecule has 0 unspecified atom stereocenters. The van der Waals surface area contributed by atoms with Gasteiger partial charge in [0.15, 0.2) is 11.5 Å². The van der Waals surface area contributed by atoms with Gasteiger partial charge in [0.05, 0.1) is 4.47 Å². The summed E-state index contributed by atoms with van der Waals surface area (Å²) >= 11 is 3.19. The number of halogens is 1. The fraction of sp³-hybridized carbons (Fsp3) is 0. The first-order chi connectivity index (χ1) is 9.04. The number of sulfonamides is 1. The lowest BCUT2D eigenvalue weighted by Gasteiger charge is -2.08. The van der Waals surface area contributed by atoms with Crippen molar-refractivity contribution in [3.63, 3.8) is 0 Å². The fourth-order valence-corrected chi connectivity index (χ4v) is 2.96. The van der Waals surface area contributed by atoms with E-state index in [-0.39, 0.29) is 16.4 Å². The molecular weight excluding hydrogens is 332 g/mol. The number of nitrogens with zero attached hydrogens (tertiary/aromatic N) is 3. The molecule has 0 spiro atoms. The molecular formula is C11H7BrN4O2S. The maximum atomic E-state index is 12.2. The molecule has 2 rings (SSSR count). The number of nitriles is 1. The maximum absolute atomic E-state index is 12.2. The van der Waals surface area contributed by atoms with Gasteiger partial charge in [-0.3, -0.25) is 4.72 Å². The van der Waals surface area contributed by atoms with E-state index in [1.54, 1.807) is 18.2 Å². The Morgan fingerprint density at radius 1 is 1.21 bits per heavy atom. The average Bonchev–Trinajstić information content (AvgIpc) is 2.41. The predicted octanol–water partition coefficient (Wildman–Crippen LogP) is 1.91. The molecule has 0 aromatic carbocycles. The summed E-state index contributed by atoms with van der Waals surface area (Å²) in [5.74, 6) is 0.148. The van der Waals surface area contributed by atoms with Crippen LogP contribution >= 0.6 is 15.9 Å². The highest BCUT2D eigenvalue weighted by Gasteiger charge is 2.20. The Labute approximate surface area is 118 Å². The molecule has 0 aliphatic heterocycles. The third-order valence-electron chi connectivity index (χ3n) is 2.16. The summed E-state index contributed by atoms with van der Waals surface area (Å²) in [6.07, 6.45) is 2.81. The van der Waals surface area contributed by atoms with E-state index in [0.29, 0.717) is 4.47 Å². The molecule has 0 fully saturated rings. The normalized spacial score (nSPS) is 10.7. The minimum atomic E-state index is -3.91. The fourth-order valence-electron chi connectivity index (χ4n) is 1.33. The number of pyridine rings is 2. The second-order valence-electron chi connectivity index (χ2n) is 3.40. The molecule has 0 saturated heterocycles. The van der Waals surface area contributed by atoms with Gasteiger partial charge in [-0.15, -0.1) is 0 Å². The topological polar surface area (TPSA) is 95.7 Å². The predicted molar refractivity (Wildman–Crippen MR) is 71.7 cm³/mol. The Hall–Kier alpha value is -1.98. The van der Waals surface area contributed by atoms with Gasteiger partial charge >= 0.3 is 0 Å². The standard InChI is InChI=1S/C11H7BrN4O2S/c12-8-3-1-6-15-11(8)16-19(17,18)10-4-2-5-14-9(10)7-13/h1-6H,(H,15,16). The van der Waals surface area contributed by atoms with Gasteiger partial charge in [-0.2, -0.15) is 5.26 Å². The maximum Gasteiger partial charge on any atom is 0.265 e. The van der Waals surface area contributed by atoms with E-state index in [4.69, 9.17) is 5.26 Å². The average molecular weight is 339 g/mol. The van der Waals surface area contributed by atoms with Crippen molar-refractivity contribution >= 4 is 31.8 Å². The van der Waals surface area contributed by atoms with Gasteiger partial charge < -0.3 is 0 Å². The SMILES string of the molecule is N#Cc1ncccc1S(=O)(=O)Nc1ncccc1Br. The molecule has 1 N–H and O–H groups in total. The highest BCUT2D eigenvalue weighted by Crippen LogP contribution is 2.22. The first-order valence-electron chi connectivity index (χ1n) is 5.03. The first kappa shape index (κ1) is 13.5. The molecule has 6 nitrogen and oxygen atoms in total. The molecule has 0 aliphatic carbocycles. The van der Waals surface area contributed by atoms with Crippen LogP contribution in [-0.4, -0.2) is 18.4 Å². The number of aromatic nitrogens is 2. The Morgan fingerprint density at radius 2 is 1.89 bits per heavy atom. The Bertz CT molecular complexity index is 755. The molecule has 0 aliphatic rings. The second-order valence-corrected chi connectivity index (χ2v) is 5.91. The van der Waals surface area contributed by atoms with Crippen LogP contribution in [0.2, 0.25) is 0 Å². The molecule has 2 aromatic rings. The number of nitrogens with one attached hydrogen (secondary N) is 1. The third-order valence-corrected chi connectivity index (χ3v) is 4.17. The zero-order chi connectivity index (χ0) is 13.9. The highest BCUT2D eigenvalue weighted by molar-refractivity contribution is 9.10. The lowest BCUT2D eigenvalue weighted by molar-refractivity contribution is 0.600. The number of rotatable bonds is 3. The van der Waals surface area contributed by atoms with Crippen molar-refractivity contribution in [2.75, 3.05) is 4.72 Å². The third kappa shape index (κ3) is 2.89. The van der Waals surface area contributed by atoms with Gasteiger partial charge in [0, 0.05) is 12.4 Å². The van der Waals surface area contributed by atoms with E-state index >= 15 is 0 Å². The van der Waals surface area contributed by atoms with Crippen molar-refractivity contribution in [2.45, 2.75) is 4.90 Å². The summed E-state index contributed by atoms with van der Waals surface area (Å²) in [5.41, 5.74) is -0.165. The van der Waals surface area contributed by atoms with Crippen LogP contribution in [0.3, 0.4) is 0 Å². The van der Waals surface area contributed by atoms with E-state index in [1.165, 1.54) is 24.5 Å². The number of anilines is 1. The van der Waals surface area contributed by atoms with Crippen LogP contribution in [0.25, 0.3) is 0 Å². The number of hydrogen-bond donors (Lipinski definition) is 1. The van der Waals surface area contributed by atoms with Gasteiger partial charge in [0.1, 0.15) is 11.0 Å². The molecule has 96 valence electrons. The summed E-state index contributed by atoms with van der Waals surface area (Å²) in [6.45, 7) is 0. The molecule has 0 saturated carbocycles. The molecule has 8 heteroatoms. The lowest BCUT2D eigenvalue weighted by atomic mass is 10.4. The van der Waals surface area contributed by atoms with Gasteiger partial charge in [-0.1, -0.05) is 0 Å². The molecule has 2 heterocycles. The van der Waals surface area contributed by atoms with E-state index in [1.807, 2.05) is 0 Å². The van der Waals surface area contributed by atoms with E-state index in [9.17, 15) is 8.42 Å². The summed E-state index contributed by atoms with van der Waals surface area (Å²) < 4.78 is 27.1. The van der Waals surface area contributed by atoms with Crippen molar-refractivity contribution < 1.29 is 8.42 Å². The summed E-state index contributed by atoms with van der Waals surface area (Å²) in [7, 11) is -3.91. The molecule has 0 atom stereocenters. The van der Waals surface area contributed by atoms with Gasteiger partial charge in [-0.05, 0) is 40.2 Å². The Balaban J connectivity index is 2.45. The molecule has 2 aromatic heterocycles. The summed E-state index contributed by atoms with van der Waals surface area (Å²) in [5, 5.41) is 8.87. The molecule has 0 amide bonds. The summed E-state index contributed by atoms with van der Waals surface area (Å²) in [6, 6.07) is 7.81. The van der Waals surface area contributed by atoms with Crippen LogP contribution in [0.15, 0.2) is 46.0 Å². The van der Waals surface area contributed by atoms with Crippen LogP contribution in [0.5, 0.6) is 0 Å². The van der Waals surface area contributed by atoms with E-state index in [0.717, 1.165) is 0 Å².